The molecular weight excluding hydrogens is 270 g/mol. The summed E-state index contributed by atoms with van der Waals surface area (Å²) in [4.78, 5) is 16.1. The Hall–Kier alpha value is -2.34. The van der Waals surface area contributed by atoms with E-state index in [1.54, 1.807) is 18.2 Å². The third-order valence-corrected chi connectivity index (χ3v) is 2.86. The van der Waals surface area contributed by atoms with E-state index in [2.05, 4.69) is 10.1 Å². The van der Waals surface area contributed by atoms with E-state index in [0.717, 1.165) is 0 Å². The molecule has 96 valence electrons. The molecule has 6 nitrogen and oxygen atoms in total. The maximum Gasteiger partial charge on any atom is 0.356 e. The van der Waals surface area contributed by atoms with Gasteiger partial charge in [-0.25, -0.2) is 14.3 Å². The lowest BCUT2D eigenvalue weighted by Crippen LogP contribution is -2.10. The third kappa shape index (κ3) is 1.86. The summed E-state index contributed by atoms with van der Waals surface area (Å²) in [6.07, 6.45) is 2.94. The minimum absolute atomic E-state index is 0.228. The first-order valence-electron chi connectivity index (χ1n) is 5.37. The van der Waals surface area contributed by atoms with Crippen molar-refractivity contribution in [2.45, 2.75) is 0 Å². The highest BCUT2D eigenvalue weighted by Crippen LogP contribution is 2.23. The molecule has 0 aliphatic carbocycles. The molecule has 3 aromatic heterocycles. The molecule has 0 fully saturated rings. The normalized spacial score (nSPS) is 10.8. The molecule has 0 saturated carbocycles. The maximum atomic E-state index is 11.8. The fourth-order valence-corrected chi connectivity index (χ4v) is 1.90. The van der Waals surface area contributed by atoms with Gasteiger partial charge in [0, 0.05) is 6.07 Å². The molecule has 0 bridgehead atoms. The van der Waals surface area contributed by atoms with E-state index in [0.29, 0.717) is 22.1 Å². The van der Waals surface area contributed by atoms with E-state index in [1.165, 1.54) is 24.1 Å². The van der Waals surface area contributed by atoms with Crippen LogP contribution in [-0.2, 0) is 4.74 Å². The van der Waals surface area contributed by atoms with Crippen molar-refractivity contribution < 1.29 is 13.9 Å². The maximum absolute atomic E-state index is 11.8. The minimum Gasteiger partial charge on any atom is -0.464 e. The van der Waals surface area contributed by atoms with Gasteiger partial charge in [-0.05, 0) is 12.1 Å². The van der Waals surface area contributed by atoms with Crippen LogP contribution in [0.5, 0.6) is 0 Å². The van der Waals surface area contributed by atoms with Gasteiger partial charge in [0.15, 0.2) is 17.1 Å². The standard InChI is InChI=1S/C12H8ClN3O3/c1-18-12(17)9-5-8(10-3-2-4-19-10)15-11-7(13)6-14-16(9)11/h2-6H,1H3. The van der Waals surface area contributed by atoms with Crippen molar-refractivity contribution in [1.29, 1.82) is 0 Å². The zero-order valence-corrected chi connectivity index (χ0v) is 10.6. The number of hydrogen-bond donors (Lipinski definition) is 0. The Morgan fingerprint density at radius 3 is 3.05 bits per heavy atom. The zero-order valence-electron chi connectivity index (χ0n) is 9.83. The van der Waals surface area contributed by atoms with Gasteiger partial charge in [-0.15, -0.1) is 0 Å². The van der Waals surface area contributed by atoms with Gasteiger partial charge >= 0.3 is 5.97 Å². The lowest BCUT2D eigenvalue weighted by Gasteiger charge is -2.05. The van der Waals surface area contributed by atoms with Crippen LogP contribution in [0.4, 0.5) is 0 Å². The van der Waals surface area contributed by atoms with Gasteiger partial charge in [-0.2, -0.15) is 5.10 Å². The van der Waals surface area contributed by atoms with Crippen LogP contribution >= 0.6 is 11.6 Å². The smallest absolute Gasteiger partial charge is 0.356 e. The largest absolute Gasteiger partial charge is 0.464 e. The molecule has 3 aromatic rings. The molecule has 3 heterocycles. The van der Waals surface area contributed by atoms with Gasteiger partial charge in [0.05, 0.1) is 19.6 Å². The number of carbonyl (C=O) groups excluding carboxylic acids is 1. The number of rotatable bonds is 2. The first-order valence-corrected chi connectivity index (χ1v) is 5.75. The molecule has 7 heteroatoms. The highest BCUT2D eigenvalue weighted by atomic mass is 35.5. The van der Waals surface area contributed by atoms with Gasteiger partial charge in [0.25, 0.3) is 0 Å². The van der Waals surface area contributed by atoms with Gasteiger partial charge in [-0.1, -0.05) is 11.6 Å². The highest BCUT2D eigenvalue weighted by Gasteiger charge is 2.18. The van der Waals surface area contributed by atoms with Crippen LogP contribution in [0.25, 0.3) is 17.1 Å². The number of hydrogen-bond acceptors (Lipinski definition) is 5. The molecule has 0 aliphatic heterocycles. The van der Waals surface area contributed by atoms with E-state index in [-0.39, 0.29) is 5.69 Å². The predicted molar refractivity (Wildman–Crippen MR) is 67.0 cm³/mol. The van der Waals surface area contributed by atoms with E-state index >= 15 is 0 Å². The van der Waals surface area contributed by atoms with E-state index in [9.17, 15) is 4.79 Å². The van der Waals surface area contributed by atoms with Crippen molar-refractivity contribution in [3.8, 4) is 11.5 Å². The molecule has 0 aromatic carbocycles. The second-order valence-electron chi connectivity index (χ2n) is 3.72. The molecule has 0 radical (unpaired) electrons. The molecule has 0 N–H and O–H groups in total. The Morgan fingerprint density at radius 2 is 2.37 bits per heavy atom. The Morgan fingerprint density at radius 1 is 1.53 bits per heavy atom. The number of carbonyl (C=O) groups is 1. The summed E-state index contributed by atoms with van der Waals surface area (Å²) in [5.41, 5.74) is 1.09. The number of halogens is 1. The van der Waals surface area contributed by atoms with Crippen LogP contribution in [0.2, 0.25) is 5.02 Å². The average Bonchev–Trinajstić information content (AvgIpc) is 3.07. The van der Waals surface area contributed by atoms with Crippen LogP contribution in [0.3, 0.4) is 0 Å². The van der Waals surface area contributed by atoms with Crippen LogP contribution < -0.4 is 0 Å². The van der Waals surface area contributed by atoms with Crippen molar-refractivity contribution in [3.63, 3.8) is 0 Å². The van der Waals surface area contributed by atoms with Gasteiger partial charge in [-0.3, -0.25) is 0 Å². The fourth-order valence-electron chi connectivity index (χ4n) is 1.74. The summed E-state index contributed by atoms with van der Waals surface area (Å²) in [5.74, 6) is 0.00453. The van der Waals surface area contributed by atoms with Crippen molar-refractivity contribution in [2.24, 2.45) is 0 Å². The van der Waals surface area contributed by atoms with Crippen molar-refractivity contribution in [1.82, 2.24) is 14.6 Å². The Kier molecular flexibility index (Phi) is 2.72. The average molecular weight is 278 g/mol. The zero-order chi connectivity index (χ0) is 13.4. The lowest BCUT2D eigenvalue weighted by molar-refractivity contribution is 0.0590. The molecular formula is C12H8ClN3O3. The third-order valence-electron chi connectivity index (χ3n) is 2.60. The summed E-state index contributed by atoms with van der Waals surface area (Å²) in [6, 6.07) is 5.02. The van der Waals surface area contributed by atoms with Crippen LogP contribution in [0.1, 0.15) is 10.5 Å². The Bertz CT molecular complexity index is 749. The van der Waals surface area contributed by atoms with E-state index in [4.69, 9.17) is 20.8 Å². The molecule has 0 unspecified atom stereocenters. The molecule has 19 heavy (non-hydrogen) atoms. The quantitative estimate of drug-likeness (QED) is 0.673. The first kappa shape index (κ1) is 11.7. The summed E-state index contributed by atoms with van der Waals surface area (Å²) in [5, 5.41) is 4.35. The molecule has 0 amide bonds. The van der Waals surface area contributed by atoms with Gasteiger partial charge in [0.1, 0.15) is 10.7 Å². The molecule has 0 saturated heterocycles. The fraction of sp³-hybridized carbons (Fsp3) is 0.0833. The summed E-state index contributed by atoms with van der Waals surface area (Å²) >= 11 is 6.00. The van der Waals surface area contributed by atoms with E-state index in [1.807, 2.05) is 0 Å². The summed E-state index contributed by atoms with van der Waals surface area (Å²) in [7, 11) is 1.30. The summed E-state index contributed by atoms with van der Waals surface area (Å²) in [6.45, 7) is 0. The number of methoxy groups -OCH3 is 1. The van der Waals surface area contributed by atoms with Crippen molar-refractivity contribution >= 4 is 23.2 Å². The number of nitrogens with zero attached hydrogens (tertiary/aromatic N) is 3. The molecule has 3 rings (SSSR count). The molecule has 0 atom stereocenters. The van der Waals surface area contributed by atoms with Gasteiger partial charge in [0.2, 0.25) is 0 Å². The predicted octanol–water partition coefficient (Wildman–Crippen LogP) is 2.43. The Labute approximate surface area is 112 Å². The minimum atomic E-state index is -0.528. The second kappa shape index (κ2) is 4.40. The van der Waals surface area contributed by atoms with Crippen molar-refractivity contribution in [3.05, 3.63) is 41.4 Å². The second-order valence-corrected chi connectivity index (χ2v) is 4.13. The number of fused-ring (bicyclic) bond motifs is 1. The summed E-state index contributed by atoms with van der Waals surface area (Å²) < 4.78 is 11.3. The molecule has 0 spiro atoms. The monoisotopic (exact) mass is 277 g/mol. The van der Waals surface area contributed by atoms with Crippen LogP contribution in [0.15, 0.2) is 35.1 Å². The number of ether oxygens (including phenoxy) is 1. The topological polar surface area (TPSA) is 69.6 Å². The SMILES string of the molecule is COC(=O)c1cc(-c2ccco2)nc2c(Cl)cnn12. The van der Waals surface area contributed by atoms with Crippen molar-refractivity contribution in [2.75, 3.05) is 7.11 Å². The number of furan rings is 1. The number of esters is 1. The lowest BCUT2D eigenvalue weighted by atomic mass is 10.2. The highest BCUT2D eigenvalue weighted by molar-refractivity contribution is 6.33. The Balaban J connectivity index is 2.31. The van der Waals surface area contributed by atoms with Crippen LogP contribution in [0, 0.1) is 0 Å². The van der Waals surface area contributed by atoms with Crippen LogP contribution in [-0.4, -0.2) is 27.7 Å². The molecule has 0 aliphatic rings. The van der Waals surface area contributed by atoms with E-state index < -0.39 is 5.97 Å². The first-order chi connectivity index (χ1) is 9.20. The van der Waals surface area contributed by atoms with Gasteiger partial charge < -0.3 is 9.15 Å². The number of aromatic nitrogens is 3.